The molecule has 0 aliphatic carbocycles. The van der Waals surface area contributed by atoms with Crippen molar-refractivity contribution in [1.82, 2.24) is 19.7 Å². The summed E-state index contributed by atoms with van der Waals surface area (Å²) in [5.41, 5.74) is 1.81. The average molecular weight is 892 g/mol. The summed E-state index contributed by atoms with van der Waals surface area (Å²) in [6.07, 6.45) is -0.428. The highest BCUT2D eigenvalue weighted by atomic mass is 31.2. The molecule has 0 saturated heterocycles. The zero-order valence-electron chi connectivity index (χ0n) is 35.7. The molecule has 0 fully saturated rings. The molecule has 7 atom stereocenters. The molecule has 2 aromatic carbocycles. The standard InChI is InChI=1S/C37H52F3N5O10P2.C2H6O/c1-23(2)52-33(46)26(6)43-56(54-29-16-12-10-13-17-29)50-22-36(9,37(39,40)28(8)45-20-31(38)32(41)42-35(45)48)25(5)21-51-57(49,55-30-18-14-11-15-19-30)44-27(7)34(47)53-24(3)4;1-3-2/h10-20,23-28,43H,21-22H2,1-9H3,(H,44,49)(H2,41,42,48);1-2H3. The van der Waals surface area contributed by atoms with E-state index in [1.807, 2.05) is 0 Å². The Kier molecular flexibility index (Phi) is 20.6. The van der Waals surface area contributed by atoms with E-state index in [9.17, 15) is 23.3 Å². The number of carbonyl (C=O) groups is 2. The number of methoxy groups -OCH3 is 1. The van der Waals surface area contributed by atoms with Gasteiger partial charge in [-0.2, -0.15) is 10.1 Å². The quantitative estimate of drug-likeness (QED) is 0.0663. The van der Waals surface area contributed by atoms with Gasteiger partial charge in [0.25, 0.3) is 5.92 Å². The summed E-state index contributed by atoms with van der Waals surface area (Å²) in [6, 6.07) is 11.7. The van der Waals surface area contributed by atoms with Gasteiger partial charge in [0.2, 0.25) is 0 Å². The number of nitrogens with zero attached hydrogens (tertiary/aromatic N) is 2. The highest BCUT2D eigenvalue weighted by Crippen LogP contribution is 2.53. The van der Waals surface area contributed by atoms with E-state index in [-0.39, 0.29) is 11.5 Å². The summed E-state index contributed by atoms with van der Waals surface area (Å²) in [7, 11) is -3.67. The van der Waals surface area contributed by atoms with Gasteiger partial charge in [0.15, 0.2) is 11.6 Å². The van der Waals surface area contributed by atoms with Gasteiger partial charge in [-0.3, -0.25) is 18.7 Å². The lowest BCUT2D eigenvalue weighted by Crippen LogP contribution is -2.54. The molecule has 4 N–H and O–H groups in total. The minimum Gasteiger partial charge on any atom is -0.462 e. The van der Waals surface area contributed by atoms with Gasteiger partial charge in [-0.05, 0) is 78.6 Å². The number of benzene rings is 2. The van der Waals surface area contributed by atoms with Crippen molar-refractivity contribution in [3.8, 4) is 11.5 Å². The Labute approximate surface area is 350 Å². The monoisotopic (exact) mass is 891 g/mol. The van der Waals surface area contributed by atoms with E-state index in [1.165, 1.54) is 32.9 Å². The largest absolute Gasteiger partial charge is 0.462 e. The van der Waals surface area contributed by atoms with Gasteiger partial charge >= 0.3 is 33.9 Å². The van der Waals surface area contributed by atoms with Gasteiger partial charge in [-0.15, -0.1) is 0 Å². The van der Waals surface area contributed by atoms with Crippen LogP contribution in [0.15, 0.2) is 71.7 Å². The van der Waals surface area contributed by atoms with Gasteiger partial charge in [-0.1, -0.05) is 50.2 Å². The number of para-hydroxylation sites is 2. The second-order valence-corrected chi connectivity index (χ2v) is 17.4. The van der Waals surface area contributed by atoms with Crippen molar-refractivity contribution in [3.63, 3.8) is 0 Å². The van der Waals surface area contributed by atoms with E-state index < -0.39 is 106 Å². The van der Waals surface area contributed by atoms with Crippen LogP contribution in [-0.2, 0) is 37.4 Å². The van der Waals surface area contributed by atoms with Gasteiger partial charge in [-0.25, -0.2) is 27.6 Å². The third-order valence-electron chi connectivity index (χ3n) is 8.66. The molecule has 60 heavy (non-hydrogen) atoms. The van der Waals surface area contributed by atoms with Crippen LogP contribution >= 0.6 is 16.3 Å². The van der Waals surface area contributed by atoms with Crippen molar-refractivity contribution >= 4 is 34.0 Å². The number of hydrogen-bond donors (Lipinski definition) is 3. The fourth-order valence-electron chi connectivity index (χ4n) is 5.09. The van der Waals surface area contributed by atoms with Crippen LogP contribution in [0, 0.1) is 17.2 Å². The summed E-state index contributed by atoms with van der Waals surface area (Å²) in [5, 5.41) is 5.39. The number of nitrogens with two attached hydrogens (primary N) is 1. The summed E-state index contributed by atoms with van der Waals surface area (Å²) in [6.45, 7) is 11.3. The fraction of sp³-hybridized carbons (Fsp3) is 0.538. The first kappa shape index (κ1) is 52.0. The predicted molar refractivity (Wildman–Crippen MR) is 221 cm³/mol. The van der Waals surface area contributed by atoms with E-state index in [0.717, 1.165) is 13.8 Å². The number of anilines is 1. The lowest BCUT2D eigenvalue weighted by atomic mass is 9.71. The molecule has 3 aromatic rings. The Hall–Kier alpha value is -4.09. The van der Waals surface area contributed by atoms with E-state index in [2.05, 4.69) is 19.9 Å². The molecule has 7 unspecified atom stereocenters. The van der Waals surface area contributed by atoms with E-state index in [1.54, 1.807) is 90.4 Å². The number of aromatic nitrogens is 2. The minimum atomic E-state index is -4.55. The van der Waals surface area contributed by atoms with E-state index in [4.69, 9.17) is 33.3 Å². The fourth-order valence-corrected chi connectivity index (χ4v) is 7.97. The maximum Gasteiger partial charge on any atom is 0.459 e. The van der Waals surface area contributed by atoms with Crippen molar-refractivity contribution in [2.75, 3.05) is 33.2 Å². The number of alkyl halides is 2. The lowest BCUT2D eigenvalue weighted by Gasteiger charge is -2.45. The topological polar surface area (TPSA) is 201 Å². The van der Waals surface area contributed by atoms with Crippen molar-refractivity contribution in [2.24, 2.45) is 11.3 Å². The summed E-state index contributed by atoms with van der Waals surface area (Å²) in [4.78, 5) is 41.6. The van der Waals surface area contributed by atoms with Crippen molar-refractivity contribution < 1.29 is 59.6 Å². The van der Waals surface area contributed by atoms with Crippen LogP contribution in [0.5, 0.6) is 11.5 Å². The van der Waals surface area contributed by atoms with Crippen LogP contribution in [0.3, 0.4) is 0 Å². The van der Waals surface area contributed by atoms with Crippen LogP contribution in [0.25, 0.3) is 0 Å². The summed E-state index contributed by atoms with van der Waals surface area (Å²) < 4.78 is 102. The normalized spacial score (nSPS) is 16.2. The molecule has 0 saturated carbocycles. The SMILES string of the molecule is CC(C)OC(=O)C(C)NP(OCC(C)(C(C)COP(=O)(NC(C)C(=O)OC(C)C)Oc1ccccc1)C(F)(F)C(C)n1cc(F)c(N)nc1=O)Oc1ccccc1.COC. The molecule has 1 aromatic heterocycles. The number of halogens is 3. The van der Waals surface area contributed by atoms with Gasteiger partial charge < -0.3 is 33.5 Å². The van der Waals surface area contributed by atoms with Gasteiger partial charge in [0, 0.05) is 20.4 Å². The third kappa shape index (κ3) is 15.4. The molecule has 3 rings (SSSR count). The van der Waals surface area contributed by atoms with Crippen LogP contribution in [-0.4, -0.2) is 79.1 Å². The second-order valence-electron chi connectivity index (χ2n) is 14.5. The van der Waals surface area contributed by atoms with Gasteiger partial charge in [0.05, 0.1) is 36.9 Å². The van der Waals surface area contributed by atoms with E-state index in [0.29, 0.717) is 10.8 Å². The Balaban J connectivity index is 0.00000401. The van der Waals surface area contributed by atoms with Crippen LogP contribution < -0.4 is 30.6 Å². The first-order valence-corrected chi connectivity index (χ1v) is 21.6. The molecule has 21 heteroatoms. The zero-order chi connectivity index (χ0) is 45.4. The number of hydrogen-bond acceptors (Lipinski definition) is 14. The second kappa shape index (κ2) is 23.8. The first-order valence-electron chi connectivity index (χ1n) is 18.9. The zero-order valence-corrected chi connectivity index (χ0v) is 37.5. The predicted octanol–water partition coefficient (Wildman–Crippen LogP) is 7.45. The first-order chi connectivity index (χ1) is 28.0. The molecular formula is C39H58F3N5O11P2. The number of rotatable bonds is 22. The molecule has 0 spiro atoms. The average Bonchev–Trinajstić information content (AvgIpc) is 3.17. The smallest absolute Gasteiger partial charge is 0.459 e. The number of nitrogens with one attached hydrogen (secondary N) is 2. The molecule has 336 valence electrons. The highest BCUT2D eigenvalue weighted by Gasteiger charge is 2.58. The number of carbonyl (C=O) groups excluding carboxylic acids is 2. The van der Waals surface area contributed by atoms with Gasteiger partial charge in [0.1, 0.15) is 23.6 Å². The Morgan fingerprint density at radius 1 is 0.883 bits per heavy atom. The van der Waals surface area contributed by atoms with Crippen molar-refractivity contribution in [3.05, 3.63) is 83.2 Å². The number of esters is 2. The Bertz CT molecular complexity index is 1900. The molecule has 1 heterocycles. The van der Waals surface area contributed by atoms with E-state index >= 15 is 8.78 Å². The van der Waals surface area contributed by atoms with Crippen molar-refractivity contribution in [2.45, 2.75) is 98.6 Å². The van der Waals surface area contributed by atoms with Crippen molar-refractivity contribution in [1.29, 1.82) is 0 Å². The molecular weight excluding hydrogens is 833 g/mol. The lowest BCUT2D eigenvalue weighted by molar-refractivity contribution is -0.186. The molecule has 0 aliphatic rings. The molecule has 0 aliphatic heterocycles. The number of ether oxygens (including phenoxy) is 3. The molecule has 0 bridgehead atoms. The Morgan fingerprint density at radius 2 is 1.38 bits per heavy atom. The number of nitrogen functional groups attached to an aromatic ring is 1. The molecule has 0 amide bonds. The molecule has 16 nitrogen and oxygen atoms in total. The maximum absolute atomic E-state index is 17.2. The summed E-state index contributed by atoms with van der Waals surface area (Å²) in [5.74, 6) is -8.37. The Morgan fingerprint density at radius 3 is 1.90 bits per heavy atom. The van der Waals surface area contributed by atoms with Crippen LogP contribution in [0.1, 0.15) is 68.4 Å². The maximum atomic E-state index is 17.2. The van der Waals surface area contributed by atoms with Crippen LogP contribution in [0.2, 0.25) is 0 Å². The summed E-state index contributed by atoms with van der Waals surface area (Å²) >= 11 is 0. The molecule has 0 radical (unpaired) electrons. The minimum absolute atomic E-state index is 0.0765. The highest BCUT2D eigenvalue weighted by molar-refractivity contribution is 7.52. The third-order valence-corrected chi connectivity index (χ3v) is 11.6. The van der Waals surface area contributed by atoms with Crippen LogP contribution in [0.4, 0.5) is 19.0 Å².